The van der Waals surface area contributed by atoms with Crippen molar-refractivity contribution in [3.8, 4) is 0 Å². The van der Waals surface area contributed by atoms with Gasteiger partial charge in [-0.15, -0.1) is 11.3 Å². The van der Waals surface area contributed by atoms with Gasteiger partial charge >= 0.3 is 0 Å². The van der Waals surface area contributed by atoms with Crippen LogP contribution in [0.2, 0.25) is 0 Å². The van der Waals surface area contributed by atoms with E-state index in [2.05, 4.69) is 49.2 Å². The van der Waals surface area contributed by atoms with E-state index >= 15 is 0 Å². The van der Waals surface area contributed by atoms with Crippen molar-refractivity contribution in [1.82, 2.24) is 19.4 Å². The number of imidazole rings is 1. The minimum Gasteiger partial charge on any atom is -0.376 e. The molecule has 0 saturated carbocycles. The van der Waals surface area contributed by atoms with Crippen LogP contribution in [0, 0.1) is 5.92 Å². The Kier molecular flexibility index (Phi) is 5.20. The molecule has 4 heterocycles. The van der Waals surface area contributed by atoms with E-state index in [9.17, 15) is 0 Å². The zero-order valence-corrected chi connectivity index (χ0v) is 14.9. The Hall–Kier alpha value is -2.02. The molecule has 0 spiro atoms. The van der Waals surface area contributed by atoms with Gasteiger partial charge in [0.1, 0.15) is 5.82 Å². The molecular formula is C19H22N4OS. The summed E-state index contributed by atoms with van der Waals surface area (Å²) < 4.78 is 8.26. The first-order valence-electron chi connectivity index (χ1n) is 8.58. The Morgan fingerprint density at radius 1 is 1.20 bits per heavy atom. The molecule has 0 amide bonds. The fourth-order valence-electron chi connectivity index (χ4n) is 3.30. The quantitative estimate of drug-likeness (QED) is 0.682. The van der Waals surface area contributed by atoms with Gasteiger partial charge in [0.15, 0.2) is 0 Å². The van der Waals surface area contributed by atoms with Crippen LogP contribution < -0.4 is 0 Å². The Bertz CT molecular complexity index is 772. The van der Waals surface area contributed by atoms with E-state index in [1.165, 1.54) is 4.88 Å². The Labute approximate surface area is 151 Å². The van der Waals surface area contributed by atoms with E-state index in [1.54, 1.807) is 6.20 Å². The standard InChI is InChI=1S/C19H22N4OS/c1-3-16(9-20-5-1)14-24-15-17-10-22(12-18-4-2-8-25-18)13-19-21-6-7-23(19)11-17/h1-9,17H,10-15H2. The molecule has 1 atom stereocenters. The lowest BCUT2D eigenvalue weighted by atomic mass is 10.1. The average Bonchev–Trinajstić information content (AvgIpc) is 3.25. The first-order valence-corrected chi connectivity index (χ1v) is 9.46. The van der Waals surface area contributed by atoms with Gasteiger partial charge < -0.3 is 9.30 Å². The molecule has 0 bridgehead atoms. The summed E-state index contributed by atoms with van der Waals surface area (Å²) >= 11 is 1.82. The molecule has 4 rings (SSSR count). The molecule has 130 valence electrons. The maximum Gasteiger partial charge on any atom is 0.122 e. The molecule has 0 radical (unpaired) electrons. The summed E-state index contributed by atoms with van der Waals surface area (Å²) in [4.78, 5) is 12.6. The van der Waals surface area contributed by atoms with Crippen molar-refractivity contribution in [2.45, 2.75) is 26.2 Å². The van der Waals surface area contributed by atoms with Crippen molar-refractivity contribution in [2.75, 3.05) is 13.2 Å². The largest absolute Gasteiger partial charge is 0.376 e. The lowest BCUT2D eigenvalue weighted by molar-refractivity contribution is 0.0666. The van der Waals surface area contributed by atoms with Crippen LogP contribution in [-0.4, -0.2) is 32.6 Å². The first kappa shape index (κ1) is 16.4. The van der Waals surface area contributed by atoms with Crippen LogP contribution in [-0.2, 0) is 31.0 Å². The Morgan fingerprint density at radius 2 is 2.20 bits per heavy atom. The summed E-state index contributed by atoms with van der Waals surface area (Å²) in [7, 11) is 0. The van der Waals surface area contributed by atoms with Gasteiger partial charge in [0.05, 0.1) is 19.8 Å². The molecule has 0 saturated heterocycles. The number of pyridine rings is 1. The van der Waals surface area contributed by atoms with Crippen molar-refractivity contribution in [3.63, 3.8) is 0 Å². The lowest BCUT2D eigenvalue weighted by Crippen LogP contribution is -2.29. The lowest BCUT2D eigenvalue weighted by Gasteiger charge is -2.23. The van der Waals surface area contributed by atoms with Gasteiger partial charge in [-0.25, -0.2) is 4.98 Å². The summed E-state index contributed by atoms with van der Waals surface area (Å²) in [6.45, 7) is 5.21. The molecule has 0 aliphatic carbocycles. The fourth-order valence-corrected chi connectivity index (χ4v) is 4.05. The van der Waals surface area contributed by atoms with Crippen LogP contribution in [0.25, 0.3) is 0 Å². The average molecular weight is 354 g/mol. The van der Waals surface area contributed by atoms with Crippen molar-refractivity contribution < 1.29 is 4.74 Å². The van der Waals surface area contributed by atoms with E-state index in [-0.39, 0.29) is 0 Å². The van der Waals surface area contributed by atoms with Crippen molar-refractivity contribution in [2.24, 2.45) is 5.92 Å². The van der Waals surface area contributed by atoms with Gasteiger partial charge in [-0.2, -0.15) is 0 Å². The minimum absolute atomic E-state index is 0.451. The SMILES string of the molecule is c1cncc(COCC2CN(Cc3cccs3)Cc3nccn3C2)c1. The second-order valence-corrected chi connectivity index (χ2v) is 7.52. The summed E-state index contributed by atoms with van der Waals surface area (Å²) in [5, 5.41) is 2.14. The van der Waals surface area contributed by atoms with E-state index in [0.29, 0.717) is 12.5 Å². The summed E-state index contributed by atoms with van der Waals surface area (Å²) in [5.74, 6) is 1.60. The number of thiophene rings is 1. The maximum atomic E-state index is 5.99. The van der Waals surface area contributed by atoms with Crippen molar-refractivity contribution in [3.05, 3.63) is 70.7 Å². The van der Waals surface area contributed by atoms with E-state index in [1.807, 2.05) is 29.8 Å². The smallest absolute Gasteiger partial charge is 0.122 e. The number of fused-ring (bicyclic) bond motifs is 1. The topological polar surface area (TPSA) is 43.2 Å². The highest BCUT2D eigenvalue weighted by atomic mass is 32.1. The van der Waals surface area contributed by atoms with Gasteiger partial charge in [-0.3, -0.25) is 9.88 Å². The Morgan fingerprint density at radius 3 is 3.04 bits per heavy atom. The van der Waals surface area contributed by atoms with Crippen LogP contribution in [0.4, 0.5) is 0 Å². The van der Waals surface area contributed by atoms with Crippen molar-refractivity contribution >= 4 is 11.3 Å². The van der Waals surface area contributed by atoms with Gasteiger partial charge in [0.2, 0.25) is 0 Å². The normalized spacial score (nSPS) is 18.0. The third kappa shape index (κ3) is 4.34. The monoisotopic (exact) mass is 354 g/mol. The van der Waals surface area contributed by atoms with Crippen LogP contribution >= 0.6 is 11.3 Å². The zero-order valence-electron chi connectivity index (χ0n) is 14.1. The van der Waals surface area contributed by atoms with E-state index < -0.39 is 0 Å². The molecule has 1 aliphatic heterocycles. The summed E-state index contributed by atoms with van der Waals surface area (Å²) in [6.07, 6.45) is 7.64. The van der Waals surface area contributed by atoms with Gasteiger partial charge in [-0.1, -0.05) is 12.1 Å². The Balaban J connectivity index is 1.40. The predicted octanol–water partition coefficient (Wildman–Crippen LogP) is 3.19. The van der Waals surface area contributed by atoms with E-state index in [0.717, 1.165) is 44.2 Å². The minimum atomic E-state index is 0.451. The highest BCUT2D eigenvalue weighted by Gasteiger charge is 2.22. The summed E-state index contributed by atoms with van der Waals surface area (Å²) in [5.41, 5.74) is 1.12. The van der Waals surface area contributed by atoms with E-state index in [4.69, 9.17) is 4.74 Å². The molecule has 3 aromatic rings. The molecule has 25 heavy (non-hydrogen) atoms. The molecule has 1 unspecified atom stereocenters. The number of hydrogen-bond acceptors (Lipinski definition) is 5. The number of ether oxygens (including phenoxy) is 1. The fraction of sp³-hybridized carbons (Fsp3) is 0.368. The van der Waals surface area contributed by atoms with Crippen LogP contribution in [0.1, 0.15) is 16.3 Å². The summed E-state index contributed by atoms with van der Waals surface area (Å²) in [6, 6.07) is 8.32. The van der Waals surface area contributed by atoms with Crippen LogP contribution in [0.3, 0.4) is 0 Å². The molecule has 0 fully saturated rings. The molecule has 0 N–H and O–H groups in total. The first-order chi connectivity index (χ1) is 12.4. The molecule has 6 heteroatoms. The van der Waals surface area contributed by atoms with Crippen LogP contribution in [0.15, 0.2) is 54.4 Å². The number of aromatic nitrogens is 3. The molecular weight excluding hydrogens is 332 g/mol. The van der Waals surface area contributed by atoms with Crippen LogP contribution in [0.5, 0.6) is 0 Å². The number of hydrogen-bond donors (Lipinski definition) is 0. The molecule has 3 aromatic heterocycles. The second kappa shape index (κ2) is 7.91. The van der Waals surface area contributed by atoms with Crippen molar-refractivity contribution in [1.29, 1.82) is 0 Å². The highest BCUT2D eigenvalue weighted by Crippen LogP contribution is 2.20. The number of nitrogens with zero attached hydrogens (tertiary/aromatic N) is 4. The van der Waals surface area contributed by atoms with Gasteiger partial charge in [-0.05, 0) is 23.1 Å². The second-order valence-electron chi connectivity index (χ2n) is 6.49. The highest BCUT2D eigenvalue weighted by molar-refractivity contribution is 7.09. The number of rotatable bonds is 6. The molecule has 1 aliphatic rings. The molecule has 5 nitrogen and oxygen atoms in total. The van der Waals surface area contributed by atoms with Gasteiger partial charge in [0, 0.05) is 55.2 Å². The predicted molar refractivity (Wildman–Crippen MR) is 98.0 cm³/mol. The zero-order chi connectivity index (χ0) is 16.9. The third-order valence-corrected chi connectivity index (χ3v) is 5.30. The van der Waals surface area contributed by atoms with Gasteiger partial charge in [0.25, 0.3) is 0 Å². The molecule has 0 aromatic carbocycles. The maximum absolute atomic E-state index is 5.99. The third-order valence-electron chi connectivity index (χ3n) is 4.44.